The minimum Gasteiger partial charge on any atom is -0.435 e. The van der Waals surface area contributed by atoms with Crippen LogP contribution in [0.25, 0.3) is 11.3 Å². The van der Waals surface area contributed by atoms with Gasteiger partial charge in [-0.25, -0.2) is 9.97 Å². The predicted molar refractivity (Wildman–Crippen MR) is 146 cm³/mol. The van der Waals surface area contributed by atoms with E-state index in [1.54, 1.807) is 12.4 Å². The van der Waals surface area contributed by atoms with E-state index in [0.717, 1.165) is 40.9 Å². The molecule has 9 heteroatoms. The largest absolute Gasteiger partial charge is 0.435 e. The molecule has 0 atom stereocenters. The number of carbonyl (C=O) groups excluding carboxylic acids is 2. The Morgan fingerprint density at radius 3 is 2.84 bits per heavy atom. The first-order valence-corrected chi connectivity index (χ1v) is 14.0. The number of anilines is 2. The maximum atomic E-state index is 13.0. The summed E-state index contributed by atoms with van der Waals surface area (Å²) in [6.45, 7) is 2.31. The van der Waals surface area contributed by atoms with E-state index in [2.05, 4.69) is 26.3 Å². The first-order chi connectivity index (χ1) is 18.5. The van der Waals surface area contributed by atoms with Gasteiger partial charge in [-0.1, -0.05) is 31.4 Å². The number of thiazole rings is 1. The van der Waals surface area contributed by atoms with Crippen molar-refractivity contribution in [3.05, 3.63) is 76.6 Å². The van der Waals surface area contributed by atoms with E-state index < -0.39 is 0 Å². The zero-order valence-corrected chi connectivity index (χ0v) is 22.1. The Hall–Kier alpha value is -3.85. The molecule has 1 fully saturated rings. The monoisotopic (exact) mass is 527 g/mol. The quantitative estimate of drug-likeness (QED) is 0.317. The molecule has 0 radical (unpaired) electrons. The number of aryl methyl sites for hydroxylation is 2. The summed E-state index contributed by atoms with van der Waals surface area (Å²) in [7, 11) is 0. The lowest BCUT2D eigenvalue weighted by Gasteiger charge is -2.29. The van der Waals surface area contributed by atoms with Crippen molar-refractivity contribution in [3.8, 4) is 11.3 Å². The van der Waals surface area contributed by atoms with Crippen molar-refractivity contribution in [1.82, 2.24) is 15.0 Å². The standard InChI is InChI=1S/C29H29N5O3S/c1-18-26(37-28(31-18)20-7-3-2-4-8-20)27(36)33-29-32-23(17-38-29)21-9-11-24-22(14-21)10-12-25(35)34(24)16-19-6-5-13-30-15-19/h5-6,9,11,13-15,17,20H,2-4,7-8,10,12,16H2,1H3,(H,32,33,36). The lowest BCUT2D eigenvalue weighted by atomic mass is 9.89. The van der Waals surface area contributed by atoms with Gasteiger partial charge >= 0.3 is 0 Å². The molecule has 194 valence electrons. The fourth-order valence-corrected chi connectivity index (χ4v) is 6.05. The minimum atomic E-state index is -0.326. The molecule has 3 aromatic heterocycles. The van der Waals surface area contributed by atoms with Gasteiger partial charge in [-0.3, -0.25) is 19.9 Å². The van der Waals surface area contributed by atoms with E-state index in [1.165, 1.54) is 30.6 Å². The van der Waals surface area contributed by atoms with Crippen molar-refractivity contribution in [3.63, 3.8) is 0 Å². The topological polar surface area (TPSA) is 101 Å². The number of hydrogen-bond acceptors (Lipinski definition) is 7. The van der Waals surface area contributed by atoms with Crippen LogP contribution in [0.4, 0.5) is 10.8 Å². The second-order valence-corrected chi connectivity index (χ2v) is 10.8. The molecule has 2 aliphatic rings. The summed E-state index contributed by atoms with van der Waals surface area (Å²) in [5.41, 5.74) is 5.36. The smallest absolute Gasteiger partial charge is 0.295 e. The van der Waals surface area contributed by atoms with Gasteiger partial charge in [0.1, 0.15) is 0 Å². The molecule has 6 rings (SSSR count). The average Bonchev–Trinajstić information content (AvgIpc) is 3.58. The van der Waals surface area contributed by atoms with Gasteiger partial charge in [0.05, 0.1) is 17.9 Å². The number of aromatic nitrogens is 3. The van der Waals surface area contributed by atoms with Crippen LogP contribution in [0.15, 0.2) is 52.5 Å². The first kappa shape index (κ1) is 24.5. The molecule has 8 nitrogen and oxygen atoms in total. The second-order valence-electron chi connectivity index (χ2n) is 9.98. The number of benzene rings is 1. The lowest BCUT2D eigenvalue weighted by Crippen LogP contribution is -2.34. The van der Waals surface area contributed by atoms with E-state index in [-0.39, 0.29) is 17.6 Å². The van der Waals surface area contributed by atoms with Crippen molar-refractivity contribution in [1.29, 1.82) is 0 Å². The molecular formula is C29H29N5O3S. The number of amides is 2. The lowest BCUT2D eigenvalue weighted by molar-refractivity contribution is -0.119. The van der Waals surface area contributed by atoms with Crippen LogP contribution in [-0.2, 0) is 17.8 Å². The Balaban J connectivity index is 1.17. The fourth-order valence-electron chi connectivity index (χ4n) is 5.34. The number of nitrogens with zero attached hydrogens (tertiary/aromatic N) is 4. The molecule has 1 saturated carbocycles. The molecule has 1 aliphatic carbocycles. The summed E-state index contributed by atoms with van der Waals surface area (Å²) in [6.07, 6.45) is 10.4. The van der Waals surface area contributed by atoms with Crippen LogP contribution in [0.2, 0.25) is 0 Å². The van der Waals surface area contributed by atoms with Crippen molar-refractivity contribution in [2.75, 3.05) is 10.2 Å². The molecule has 0 bridgehead atoms. The highest BCUT2D eigenvalue weighted by Gasteiger charge is 2.26. The number of oxazole rings is 1. The Labute approximate surface area is 225 Å². The van der Waals surface area contributed by atoms with Crippen LogP contribution in [-0.4, -0.2) is 26.8 Å². The van der Waals surface area contributed by atoms with Crippen LogP contribution in [0.5, 0.6) is 0 Å². The normalized spacial score (nSPS) is 15.9. The summed E-state index contributed by atoms with van der Waals surface area (Å²) in [5.74, 6) is 1.02. The number of fused-ring (bicyclic) bond motifs is 1. The summed E-state index contributed by atoms with van der Waals surface area (Å²) < 4.78 is 5.92. The van der Waals surface area contributed by atoms with Gasteiger partial charge < -0.3 is 9.32 Å². The van der Waals surface area contributed by atoms with Crippen molar-refractivity contribution in [2.24, 2.45) is 0 Å². The van der Waals surface area contributed by atoms with Gasteiger partial charge in [0.15, 0.2) is 11.0 Å². The number of pyridine rings is 1. The highest BCUT2D eigenvalue weighted by molar-refractivity contribution is 7.14. The third-order valence-electron chi connectivity index (χ3n) is 7.34. The number of rotatable bonds is 6. The third-order valence-corrected chi connectivity index (χ3v) is 8.09. The van der Waals surface area contributed by atoms with E-state index >= 15 is 0 Å². The molecular weight excluding hydrogens is 498 g/mol. The summed E-state index contributed by atoms with van der Waals surface area (Å²) >= 11 is 1.37. The van der Waals surface area contributed by atoms with Gasteiger partial charge in [0, 0.05) is 41.4 Å². The number of nitrogens with one attached hydrogen (secondary N) is 1. The van der Waals surface area contributed by atoms with Gasteiger partial charge in [-0.2, -0.15) is 0 Å². The summed E-state index contributed by atoms with van der Waals surface area (Å²) in [5, 5.41) is 5.32. The maximum Gasteiger partial charge on any atom is 0.295 e. The van der Waals surface area contributed by atoms with Gasteiger partial charge in [0.25, 0.3) is 5.91 Å². The number of hydrogen-bond donors (Lipinski definition) is 1. The summed E-state index contributed by atoms with van der Waals surface area (Å²) in [6, 6.07) is 9.92. The molecule has 0 unspecified atom stereocenters. The van der Waals surface area contributed by atoms with Crippen LogP contribution >= 0.6 is 11.3 Å². The molecule has 1 N–H and O–H groups in total. The maximum absolute atomic E-state index is 13.0. The van der Waals surface area contributed by atoms with Gasteiger partial charge in [-0.05, 0) is 55.5 Å². The van der Waals surface area contributed by atoms with Crippen molar-refractivity contribution in [2.45, 2.75) is 64.3 Å². The first-order valence-electron chi connectivity index (χ1n) is 13.1. The minimum absolute atomic E-state index is 0.113. The van der Waals surface area contributed by atoms with E-state index in [0.29, 0.717) is 42.0 Å². The molecule has 1 aliphatic heterocycles. The Kier molecular flexibility index (Phi) is 6.76. The Morgan fingerprint density at radius 1 is 1.16 bits per heavy atom. The fraction of sp³-hybridized carbons (Fsp3) is 0.345. The Bertz CT molecular complexity index is 1470. The zero-order chi connectivity index (χ0) is 26.1. The van der Waals surface area contributed by atoms with Crippen LogP contribution in [0, 0.1) is 6.92 Å². The predicted octanol–water partition coefficient (Wildman–Crippen LogP) is 6.28. The zero-order valence-electron chi connectivity index (χ0n) is 21.3. The highest BCUT2D eigenvalue weighted by Crippen LogP contribution is 2.35. The van der Waals surface area contributed by atoms with E-state index in [4.69, 9.17) is 4.42 Å². The van der Waals surface area contributed by atoms with Crippen molar-refractivity contribution < 1.29 is 14.0 Å². The molecule has 0 saturated heterocycles. The van der Waals surface area contributed by atoms with Crippen LogP contribution < -0.4 is 10.2 Å². The molecule has 2 amide bonds. The summed E-state index contributed by atoms with van der Waals surface area (Å²) in [4.78, 5) is 40.9. The molecule has 38 heavy (non-hydrogen) atoms. The van der Waals surface area contributed by atoms with E-state index in [1.807, 2.05) is 41.5 Å². The SMILES string of the molecule is Cc1nc(C2CCCCC2)oc1C(=O)Nc1nc(-c2ccc3c(c2)CCC(=O)N3Cc2cccnc2)cs1. The van der Waals surface area contributed by atoms with E-state index in [9.17, 15) is 9.59 Å². The molecule has 0 spiro atoms. The highest BCUT2D eigenvalue weighted by atomic mass is 32.1. The number of carbonyl (C=O) groups is 2. The molecule has 4 heterocycles. The molecule has 1 aromatic carbocycles. The average molecular weight is 528 g/mol. The Morgan fingerprint density at radius 2 is 2.03 bits per heavy atom. The van der Waals surface area contributed by atoms with Gasteiger partial charge in [0.2, 0.25) is 11.7 Å². The van der Waals surface area contributed by atoms with Gasteiger partial charge in [-0.15, -0.1) is 11.3 Å². The van der Waals surface area contributed by atoms with Crippen LogP contribution in [0.3, 0.4) is 0 Å². The molecule has 4 aromatic rings. The second kappa shape index (κ2) is 10.5. The van der Waals surface area contributed by atoms with Crippen LogP contribution in [0.1, 0.15) is 77.7 Å². The third kappa shape index (κ3) is 4.98. The van der Waals surface area contributed by atoms with Crippen molar-refractivity contribution >= 4 is 34.0 Å².